The van der Waals surface area contributed by atoms with Crippen molar-refractivity contribution in [1.82, 2.24) is 10.2 Å². The van der Waals surface area contributed by atoms with E-state index in [1.54, 1.807) is 0 Å². The molecule has 1 aliphatic carbocycles. The van der Waals surface area contributed by atoms with Crippen molar-refractivity contribution >= 4 is 5.91 Å². The van der Waals surface area contributed by atoms with E-state index in [9.17, 15) is 4.79 Å². The van der Waals surface area contributed by atoms with Crippen LogP contribution < -0.4 is 5.32 Å². The van der Waals surface area contributed by atoms with Gasteiger partial charge >= 0.3 is 0 Å². The molecule has 0 bridgehead atoms. The first-order valence-electron chi connectivity index (χ1n) is 8.20. The Balaban J connectivity index is 1.54. The molecule has 2 unspecified atom stereocenters. The highest BCUT2D eigenvalue weighted by molar-refractivity contribution is 5.78. The Morgan fingerprint density at radius 3 is 2.71 bits per heavy atom. The third kappa shape index (κ3) is 3.13. The van der Waals surface area contributed by atoms with E-state index in [4.69, 9.17) is 0 Å². The average molecular weight is 286 g/mol. The molecule has 1 N–H and O–H groups in total. The molecule has 1 aliphatic heterocycles. The fourth-order valence-corrected chi connectivity index (χ4v) is 3.48. The Labute approximate surface area is 127 Å². The Kier molecular flexibility index (Phi) is 4.29. The predicted octanol–water partition coefficient (Wildman–Crippen LogP) is 2.60. The zero-order chi connectivity index (χ0) is 14.8. The lowest BCUT2D eigenvalue weighted by Crippen LogP contribution is -2.47. The fourth-order valence-electron chi connectivity index (χ4n) is 3.48. The summed E-state index contributed by atoms with van der Waals surface area (Å²) in [6.45, 7) is 3.83. The first-order chi connectivity index (χ1) is 10.1. The summed E-state index contributed by atoms with van der Waals surface area (Å²) < 4.78 is 0. The monoisotopic (exact) mass is 286 g/mol. The molecule has 0 radical (unpaired) electrons. The van der Waals surface area contributed by atoms with Crippen molar-refractivity contribution in [2.24, 2.45) is 11.8 Å². The minimum absolute atomic E-state index is 0.180. The maximum Gasteiger partial charge on any atom is 0.223 e. The molecule has 2 aliphatic rings. The standard InChI is InChI=1S/C18H26N2O/c1-13(14-8-5-9-14)18(21)19-11-17-10-15-6-3-4-7-16(15)12-20(17)2/h3-4,6-7,13-14,17H,5,8-12H2,1-2H3,(H,19,21). The van der Waals surface area contributed by atoms with E-state index in [1.807, 2.05) is 0 Å². The van der Waals surface area contributed by atoms with Crippen molar-refractivity contribution in [3.63, 3.8) is 0 Å². The highest BCUT2D eigenvalue weighted by Crippen LogP contribution is 2.33. The highest BCUT2D eigenvalue weighted by atomic mass is 16.1. The number of benzene rings is 1. The number of rotatable bonds is 4. The summed E-state index contributed by atoms with van der Waals surface area (Å²) in [6.07, 6.45) is 4.78. The number of hydrogen-bond acceptors (Lipinski definition) is 2. The first-order valence-corrected chi connectivity index (χ1v) is 8.20. The minimum atomic E-state index is 0.180. The molecular weight excluding hydrogens is 260 g/mol. The van der Waals surface area contributed by atoms with Gasteiger partial charge in [-0.05, 0) is 43.4 Å². The van der Waals surface area contributed by atoms with Gasteiger partial charge in [-0.15, -0.1) is 0 Å². The maximum absolute atomic E-state index is 12.2. The van der Waals surface area contributed by atoms with Crippen molar-refractivity contribution < 1.29 is 4.79 Å². The van der Waals surface area contributed by atoms with Crippen molar-refractivity contribution in [1.29, 1.82) is 0 Å². The van der Waals surface area contributed by atoms with Crippen molar-refractivity contribution in [3.8, 4) is 0 Å². The number of likely N-dealkylation sites (N-methyl/N-ethyl adjacent to an activating group) is 1. The van der Waals surface area contributed by atoms with Crippen molar-refractivity contribution in [3.05, 3.63) is 35.4 Å². The molecule has 3 nitrogen and oxygen atoms in total. The molecule has 0 spiro atoms. The van der Waals surface area contributed by atoms with Crippen molar-refractivity contribution in [2.75, 3.05) is 13.6 Å². The normalized spacial score (nSPS) is 24.0. The predicted molar refractivity (Wildman–Crippen MR) is 84.9 cm³/mol. The quantitative estimate of drug-likeness (QED) is 0.922. The molecule has 0 saturated heterocycles. The summed E-state index contributed by atoms with van der Waals surface area (Å²) in [5.41, 5.74) is 2.85. The Hall–Kier alpha value is -1.35. The van der Waals surface area contributed by atoms with Gasteiger partial charge in [-0.25, -0.2) is 0 Å². The lowest BCUT2D eigenvalue weighted by Gasteiger charge is -2.35. The lowest BCUT2D eigenvalue weighted by molar-refractivity contribution is -0.127. The molecule has 2 atom stereocenters. The van der Waals surface area contributed by atoms with Gasteiger partial charge in [0.05, 0.1) is 0 Å². The largest absolute Gasteiger partial charge is 0.354 e. The minimum Gasteiger partial charge on any atom is -0.354 e. The van der Waals surface area contributed by atoms with Crippen LogP contribution in [-0.4, -0.2) is 30.4 Å². The highest BCUT2D eigenvalue weighted by Gasteiger charge is 2.30. The number of nitrogens with zero attached hydrogens (tertiary/aromatic N) is 1. The molecule has 0 aromatic heterocycles. The first kappa shape index (κ1) is 14.6. The van der Waals surface area contributed by atoms with Gasteiger partial charge in [0.1, 0.15) is 0 Å². The van der Waals surface area contributed by atoms with Crippen LogP contribution in [0.25, 0.3) is 0 Å². The van der Waals surface area contributed by atoms with Crippen LogP contribution in [0.2, 0.25) is 0 Å². The third-order valence-electron chi connectivity index (χ3n) is 5.40. The smallest absolute Gasteiger partial charge is 0.223 e. The van der Waals surface area contributed by atoms with Gasteiger partial charge < -0.3 is 5.32 Å². The van der Waals surface area contributed by atoms with Crippen LogP contribution in [-0.2, 0) is 17.8 Å². The number of carbonyl (C=O) groups excluding carboxylic acids is 1. The van der Waals surface area contributed by atoms with Gasteiger partial charge in [-0.2, -0.15) is 0 Å². The second-order valence-corrected chi connectivity index (χ2v) is 6.77. The zero-order valence-electron chi connectivity index (χ0n) is 13.1. The molecule has 3 rings (SSSR count). The topological polar surface area (TPSA) is 32.3 Å². The van der Waals surface area contributed by atoms with Gasteiger partial charge in [-0.3, -0.25) is 9.69 Å². The van der Waals surface area contributed by atoms with E-state index in [2.05, 4.69) is 48.5 Å². The average Bonchev–Trinajstić information content (AvgIpc) is 2.42. The molecule has 1 heterocycles. The summed E-state index contributed by atoms with van der Waals surface area (Å²) in [5, 5.41) is 3.18. The number of carbonyl (C=O) groups is 1. The molecule has 1 aromatic rings. The molecule has 1 amide bonds. The van der Waals surface area contributed by atoms with Gasteiger partial charge in [-0.1, -0.05) is 37.6 Å². The SMILES string of the molecule is CC(C(=O)NCC1Cc2ccccc2CN1C)C1CCC1. The molecule has 3 heteroatoms. The molecule has 21 heavy (non-hydrogen) atoms. The summed E-state index contributed by atoms with van der Waals surface area (Å²) in [7, 11) is 2.15. The van der Waals surface area contributed by atoms with E-state index in [0.717, 1.165) is 19.5 Å². The van der Waals surface area contributed by atoms with Gasteiger partial charge in [0.25, 0.3) is 0 Å². The molecule has 1 saturated carbocycles. The number of nitrogens with one attached hydrogen (secondary N) is 1. The second kappa shape index (κ2) is 6.18. The van der Waals surface area contributed by atoms with Gasteiger partial charge in [0.2, 0.25) is 5.91 Å². The van der Waals surface area contributed by atoms with Crippen LogP contribution in [0.4, 0.5) is 0 Å². The Morgan fingerprint density at radius 2 is 2.05 bits per heavy atom. The summed E-state index contributed by atoms with van der Waals surface area (Å²) in [5.74, 6) is 1.04. The van der Waals surface area contributed by atoms with Crippen LogP contribution >= 0.6 is 0 Å². The molecular formula is C18H26N2O. The third-order valence-corrected chi connectivity index (χ3v) is 5.40. The lowest BCUT2D eigenvalue weighted by atomic mass is 9.76. The van der Waals surface area contributed by atoms with E-state index in [-0.39, 0.29) is 11.8 Å². The van der Waals surface area contributed by atoms with Crippen LogP contribution in [0, 0.1) is 11.8 Å². The summed E-state index contributed by atoms with van der Waals surface area (Å²) in [4.78, 5) is 14.6. The summed E-state index contributed by atoms with van der Waals surface area (Å²) in [6, 6.07) is 9.05. The van der Waals surface area contributed by atoms with E-state index < -0.39 is 0 Å². The van der Waals surface area contributed by atoms with Gasteiger partial charge in [0, 0.05) is 25.0 Å². The Morgan fingerprint density at radius 1 is 1.33 bits per heavy atom. The van der Waals surface area contributed by atoms with Crippen LogP contribution in [0.1, 0.15) is 37.3 Å². The number of amides is 1. The van der Waals surface area contributed by atoms with Crippen LogP contribution in [0.3, 0.4) is 0 Å². The fraction of sp³-hybridized carbons (Fsp3) is 0.611. The molecule has 114 valence electrons. The van der Waals surface area contributed by atoms with E-state index in [1.165, 1.54) is 30.4 Å². The van der Waals surface area contributed by atoms with Crippen LogP contribution in [0.5, 0.6) is 0 Å². The van der Waals surface area contributed by atoms with Gasteiger partial charge in [0.15, 0.2) is 0 Å². The van der Waals surface area contributed by atoms with Crippen molar-refractivity contribution in [2.45, 2.75) is 45.2 Å². The molecule has 1 fully saturated rings. The van der Waals surface area contributed by atoms with E-state index >= 15 is 0 Å². The Bertz CT molecular complexity index is 510. The maximum atomic E-state index is 12.2. The second-order valence-electron chi connectivity index (χ2n) is 6.77. The molecule has 1 aromatic carbocycles. The van der Waals surface area contributed by atoms with Crippen LogP contribution in [0.15, 0.2) is 24.3 Å². The number of hydrogen-bond donors (Lipinski definition) is 1. The zero-order valence-corrected chi connectivity index (χ0v) is 13.1. The number of fused-ring (bicyclic) bond motifs is 1. The summed E-state index contributed by atoms with van der Waals surface area (Å²) >= 11 is 0. The van der Waals surface area contributed by atoms with E-state index in [0.29, 0.717) is 12.0 Å².